The third kappa shape index (κ3) is 8.54. The van der Waals surface area contributed by atoms with E-state index < -0.39 is 0 Å². The number of hydrogen-bond acceptors (Lipinski definition) is 4. The van der Waals surface area contributed by atoms with E-state index in [0.717, 1.165) is 30.4 Å². The van der Waals surface area contributed by atoms with E-state index in [1.54, 1.807) is 11.3 Å². The molecule has 130 valence electrons. The zero-order valence-corrected chi connectivity index (χ0v) is 15.4. The third-order valence-electron chi connectivity index (χ3n) is 2.98. The normalized spacial score (nSPS) is 11.6. The highest BCUT2D eigenvalue weighted by atomic mass is 32.1. The molecule has 7 heteroatoms. The number of aryl methyl sites for hydroxylation is 1. The van der Waals surface area contributed by atoms with Crippen LogP contribution in [0.2, 0.25) is 0 Å². The van der Waals surface area contributed by atoms with Crippen molar-refractivity contribution in [2.75, 3.05) is 19.6 Å². The summed E-state index contributed by atoms with van der Waals surface area (Å²) in [5.74, 6) is 0.801. The van der Waals surface area contributed by atoms with Crippen LogP contribution < -0.4 is 16.0 Å². The minimum absolute atomic E-state index is 0.0539. The lowest BCUT2D eigenvalue weighted by Gasteiger charge is -2.12. The molecule has 0 unspecified atom stereocenters. The molecule has 3 N–H and O–H groups in total. The van der Waals surface area contributed by atoms with Crippen molar-refractivity contribution >= 4 is 23.2 Å². The number of rotatable bonds is 9. The number of aromatic nitrogens is 1. The Labute approximate surface area is 143 Å². The first kappa shape index (κ1) is 19.4. The fourth-order valence-electron chi connectivity index (χ4n) is 1.92. The fraction of sp³-hybridized carbons (Fsp3) is 0.688. The summed E-state index contributed by atoms with van der Waals surface area (Å²) in [6, 6.07) is 0.177. The summed E-state index contributed by atoms with van der Waals surface area (Å²) in [7, 11) is 0. The third-order valence-corrected chi connectivity index (χ3v) is 4.19. The highest BCUT2D eigenvalue weighted by molar-refractivity contribution is 7.11. The van der Waals surface area contributed by atoms with Gasteiger partial charge in [0.15, 0.2) is 5.96 Å². The topological polar surface area (TPSA) is 78.4 Å². The zero-order valence-electron chi connectivity index (χ0n) is 14.6. The van der Waals surface area contributed by atoms with Crippen LogP contribution >= 0.6 is 11.3 Å². The van der Waals surface area contributed by atoms with E-state index in [1.807, 2.05) is 27.0 Å². The first-order chi connectivity index (χ1) is 11.0. The van der Waals surface area contributed by atoms with Crippen molar-refractivity contribution in [3.8, 4) is 0 Å². The molecule has 0 saturated heterocycles. The number of carbonyl (C=O) groups excluding carboxylic acids is 1. The van der Waals surface area contributed by atoms with Crippen LogP contribution in [0.3, 0.4) is 0 Å². The van der Waals surface area contributed by atoms with E-state index in [1.165, 1.54) is 4.88 Å². The standard InChI is InChI=1S/C16H29N5OS/c1-5-13-11-20-15(23-13)8-10-19-16(17-6-2)18-9-7-14(22)21-12(3)4/h11-12H,5-10H2,1-4H3,(H,21,22)(H2,17,18,19). The highest BCUT2D eigenvalue weighted by Crippen LogP contribution is 2.13. The Morgan fingerprint density at radius 3 is 2.74 bits per heavy atom. The smallest absolute Gasteiger partial charge is 0.221 e. The Balaban J connectivity index is 2.36. The Morgan fingerprint density at radius 1 is 1.35 bits per heavy atom. The van der Waals surface area contributed by atoms with Gasteiger partial charge in [0.05, 0.1) is 5.01 Å². The molecule has 0 saturated carbocycles. The van der Waals surface area contributed by atoms with E-state index in [0.29, 0.717) is 19.5 Å². The van der Waals surface area contributed by atoms with Crippen LogP contribution in [0.5, 0.6) is 0 Å². The minimum atomic E-state index is 0.0539. The summed E-state index contributed by atoms with van der Waals surface area (Å²) >= 11 is 1.75. The maximum Gasteiger partial charge on any atom is 0.221 e. The summed E-state index contributed by atoms with van der Waals surface area (Å²) < 4.78 is 0. The largest absolute Gasteiger partial charge is 0.357 e. The van der Waals surface area contributed by atoms with Gasteiger partial charge in [0.25, 0.3) is 0 Å². The summed E-state index contributed by atoms with van der Waals surface area (Å²) in [6.07, 6.45) is 4.26. The Bertz CT molecular complexity index is 498. The van der Waals surface area contributed by atoms with Crippen molar-refractivity contribution in [1.82, 2.24) is 20.9 Å². The molecule has 0 bridgehead atoms. The van der Waals surface area contributed by atoms with Crippen LogP contribution in [0, 0.1) is 0 Å². The van der Waals surface area contributed by atoms with Gasteiger partial charge >= 0.3 is 0 Å². The van der Waals surface area contributed by atoms with E-state index in [9.17, 15) is 4.79 Å². The van der Waals surface area contributed by atoms with Crippen molar-refractivity contribution < 1.29 is 4.79 Å². The molecular formula is C16H29N5OS. The average molecular weight is 340 g/mol. The van der Waals surface area contributed by atoms with Crippen molar-refractivity contribution in [3.05, 3.63) is 16.1 Å². The zero-order chi connectivity index (χ0) is 17.1. The van der Waals surface area contributed by atoms with E-state index in [4.69, 9.17) is 0 Å². The van der Waals surface area contributed by atoms with Crippen molar-refractivity contribution in [3.63, 3.8) is 0 Å². The maximum atomic E-state index is 11.6. The van der Waals surface area contributed by atoms with Crippen molar-refractivity contribution in [2.24, 2.45) is 4.99 Å². The lowest BCUT2D eigenvalue weighted by Crippen LogP contribution is -2.40. The van der Waals surface area contributed by atoms with Crippen LogP contribution in [-0.2, 0) is 17.6 Å². The Kier molecular flexibility index (Phi) is 9.28. The monoisotopic (exact) mass is 339 g/mol. The molecule has 6 nitrogen and oxygen atoms in total. The first-order valence-electron chi connectivity index (χ1n) is 8.30. The molecule has 0 aliphatic carbocycles. The SMILES string of the molecule is CCNC(=NCCc1ncc(CC)s1)NCCC(=O)NC(C)C. The number of amides is 1. The number of thiazole rings is 1. The van der Waals surface area contributed by atoms with Crippen LogP contribution in [-0.4, -0.2) is 42.5 Å². The first-order valence-corrected chi connectivity index (χ1v) is 9.11. The molecule has 1 aromatic heterocycles. The average Bonchev–Trinajstić information content (AvgIpc) is 2.94. The molecule has 0 fully saturated rings. The predicted molar refractivity (Wildman–Crippen MR) is 97.1 cm³/mol. The van der Waals surface area contributed by atoms with Gasteiger partial charge in [-0.1, -0.05) is 6.92 Å². The molecule has 0 aliphatic heterocycles. The maximum absolute atomic E-state index is 11.6. The molecule has 0 aromatic carbocycles. The van der Waals surface area contributed by atoms with E-state index in [2.05, 4.69) is 32.9 Å². The van der Waals surface area contributed by atoms with Gasteiger partial charge in [-0.3, -0.25) is 9.79 Å². The fourth-order valence-corrected chi connectivity index (χ4v) is 2.77. The number of carbonyl (C=O) groups is 1. The number of aliphatic imine (C=N–C) groups is 1. The van der Waals surface area contributed by atoms with Crippen LogP contribution in [0.1, 0.15) is 44.0 Å². The molecular weight excluding hydrogens is 310 g/mol. The number of nitrogens with one attached hydrogen (secondary N) is 3. The predicted octanol–water partition coefficient (Wildman–Crippen LogP) is 1.72. The number of nitrogens with zero attached hydrogens (tertiary/aromatic N) is 2. The molecule has 0 spiro atoms. The lowest BCUT2D eigenvalue weighted by atomic mass is 10.3. The highest BCUT2D eigenvalue weighted by Gasteiger charge is 2.04. The van der Waals surface area contributed by atoms with E-state index in [-0.39, 0.29) is 11.9 Å². The van der Waals surface area contributed by atoms with Gasteiger partial charge < -0.3 is 16.0 Å². The Morgan fingerprint density at radius 2 is 2.13 bits per heavy atom. The molecule has 1 amide bonds. The summed E-state index contributed by atoms with van der Waals surface area (Å²) in [4.78, 5) is 21.8. The molecule has 0 atom stereocenters. The molecule has 1 aromatic rings. The molecule has 1 rings (SSSR count). The second-order valence-electron chi connectivity index (χ2n) is 5.48. The quantitative estimate of drug-likeness (QED) is 0.473. The molecule has 0 aliphatic rings. The molecule has 0 radical (unpaired) electrons. The van der Waals surface area contributed by atoms with Gasteiger partial charge in [0.1, 0.15) is 0 Å². The molecule has 23 heavy (non-hydrogen) atoms. The van der Waals surface area contributed by atoms with Crippen molar-refractivity contribution in [1.29, 1.82) is 0 Å². The van der Waals surface area contributed by atoms with Gasteiger partial charge in [-0.15, -0.1) is 11.3 Å². The van der Waals surface area contributed by atoms with E-state index >= 15 is 0 Å². The molecule has 1 heterocycles. The minimum Gasteiger partial charge on any atom is -0.357 e. The van der Waals surface area contributed by atoms with Crippen LogP contribution in [0.4, 0.5) is 0 Å². The second-order valence-corrected chi connectivity index (χ2v) is 6.68. The van der Waals surface area contributed by atoms with Gasteiger partial charge in [-0.2, -0.15) is 0 Å². The van der Waals surface area contributed by atoms with Gasteiger partial charge in [-0.25, -0.2) is 4.98 Å². The summed E-state index contributed by atoms with van der Waals surface area (Å²) in [5.41, 5.74) is 0. The number of hydrogen-bond donors (Lipinski definition) is 3. The van der Waals surface area contributed by atoms with Gasteiger partial charge in [0, 0.05) is 49.6 Å². The second kappa shape index (κ2) is 11.0. The lowest BCUT2D eigenvalue weighted by molar-refractivity contribution is -0.121. The van der Waals surface area contributed by atoms with Crippen molar-refractivity contribution in [2.45, 2.75) is 53.0 Å². The Hall–Kier alpha value is -1.63. The van der Waals surface area contributed by atoms with Crippen LogP contribution in [0.25, 0.3) is 0 Å². The number of guanidine groups is 1. The van der Waals surface area contributed by atoms with Gasteiger partial charge in [-0.05, 0) is 27.2 Å². The summed E-state index contributed by atoms with van der Waals surface area (Å²) in [6.45, 7) is 10.1. The van der Waals surface area contributed by atoms with Gasteiger partial charge in [0.2, 0.25) is 5.91 Å². The summed E-state index contributed by atoms with van der Waals surface area (Å²) in [5, 5.41) is 10.4. The van der Waals surface area contributed by atoms with Crippen LogP contribution in [0.15, 0.2) is 11.2 Å².